The first-order valence-electron chi connectivity index (χ1n) is 8.73. The summed E-state index contributed by atoms with van der Waals surface area (Å²) in [6.07, 6.45) is 2.16. The molecule has 1 saturated heterocycles. The lowest BCUT2D eigenvalue weighted by Crippen LogP contribution is -2.34. The fraction of sp³-hybridized carbons (Fsp3) is 0.632. The monoisotopic (exact) mass is 318 g/mol. The Morgan fingerprint density at radius 3 is 2.52 bits per heavy atom. The Bertz CT molecular complexity index is 520. The lowest BCUT2D eigenvalue weighted by atomic mass is 9.94. The molecule has 1 aromatic carbocycles. The number of carbonyl (C=O) groups excluding carboxylic acids is 1. The molecule has 1 aromatic rings. The highest BCUT2D eigenvalue weighted by atomic mass is 16.5. The lowest BCUT2D eigenvalue weighted by molar-refractivity contribution is -0.123. The summed E-state index contributed by atoms with van der Waals surface area (Å²) in [5.41, 5.74) is 3.40. The van der Waals surface area contributed by atoms with Crippen molar-refractivity contribution in [2.24, 2.45) is 0 Å². The van der Waals surface area contributed by atoms with Crippen molar-refractivity contribution in [1.29, 1.82) is 0 Å². The smallest absolute Gasteiger partial charge is 0.250 e. The topological polar surface area (TPSA) is 50.4 Å². The van der Waals surface area contributed by atoms with E-state index in [0.29, 0.717) is 11.8 Å². The molecule has 4 heteroatoms. The molecule has 0 spiro atoms. The molecule has 23 heavy (non-hydrogen) atoms. The van der Waals surface area contributed by atoms with Crippen LogP contribution >= 0.6 is 0 Å². The second-order valence-electron chi connectivity index (χ2n) is 6.96. The normalized spacial score (nSPS) is 16.1. The van der Waals surface area contributed by atoms with Crippen molar-refractivity contribution in [3.05, 3.63) is 29.3 Å². The predicted octanol–water partition coefficient (Wildman–Crippen LogP) is 3.64. The summed E-state index contributed by atoms with van der Waals surface area (Å²) in [4.78, 5) is 12.2. The van der Waals surface area contributed by atoms with Crippen LogP contribution in [0.2, 0.25) is 0 Å². The first-order valence-corrected chi connectivity index (χ1v) is 8.73. The molecular weight excluding hydrogens is 288 g/mol. The Hall–Kier alpha value is -1.39. The third-order valence-corrected chi connectivity index (χ3v) is 4.37. The van der Waals surface area contributed by atoms with Gasteiger partial charge in [0.1, 0.15) is 6.61 Å². The highest BCUT2D eigenvalue weighted by molar-refractivity contribution is 5.92. The second kappa shape index (κ2) is 8.46. The van der Waals surface area contributed by atoms with Crippen LogP contribution in [0.4, 0.5) is 5.69 Å². The zero-order chi connectivity index (χ0) is 16.8. The zero-order valence-electron chi connectivity index (χ0n) is 14.8. The van der Waals surface area contributed by atoms with Gasteiger partial charge >= 0.3 is 0 Å². The number of rotatable bonds is 6. The number of amides is 1. The van der Waals surface area contributed by atoms with Crippen LogP contribution in [-0.4, -0.2) is 31.7 Å². The molecule has 0 radical (unpaired) electrons. The summed E-state index contributed by atoms with van der Waals surface area (Å²) in [6, 6.07) is 6.32. The largest absolute Gasteiger partial charge is 0.368 e. The number of carbonyl (C=O) groups is 1. The number of nitrogens with one attached hydrogen (secondary N) is 2. The van der Waals surface area contributed by atoms with Crippen LogP contribution in [0.15, 0.2) is 18.2 Å². The van der Waals surface area contributed by atoms with Crippen molar-refractivity contribution in [2.45, 2.75) is 58.5 Å². The van der Waals surface area contributed by atoms with Crippen molar-refractivity contribution in [2.75, 3.05) is 25.0 Å². The molecule has 0 unspecified atom stereocenters. The maximum Gasteiger partial charge on any atom is 0.250 e. The van der Waals surface area contributed by atoms with E-state index < -0.39 is 0 Å². The van der Waals surface area contributed by atoms with Crippen molar-refractivity contribution in [3.8, 4) is 0 Å². The predicted molar refractivity (Wildman–Crippen MR) is 95.1 cm³/mol. The summed E-state index contributed by atoms with van der Waals surface area (Å²) < 4.78 is 5.73. The zero-order valence-corrected chi connectivity index (χ0v) is 14.8. The van der Waals surface area contributed by atoms with Crippen LogP contribution in [0, 0.1) is 0 Å². The molecule has 0 aliphatic carbocycles. The lowest BCUT2D eigenvalue weighted by Gasteiger charge is -2.23. The van der Waals surface area contributed by atoms with Gasteiger partial charge in [0.05, 0.1) is 6.10 Å². The standard InChI is InChI=1S/C19H30N2O2/c1-13(2)15-5-6-18(17(11-15)14(3)4)21-19(22)12-23-16-7-9-20-10-8-16/h5-6,11,13-14,16,20H,7-10,12H2,1-4H3,(H,21,22). The number of anilines is 1. The number of piperidine rings is 1. The SMILES string of the molecule is CC(C)c1ccc(NC(=O)COC2CCNCC2)c(C(C)C)c1. The van der Waals surface area contributed by atoms with Crippen LogP contribution in [0.5, 0.6) is 0 Å². The van der Waals surface area contributed by atoms with E-state index in [9.17, 15) is 4.79 Å². The molecule has 0 atom stereocenters. The van der Waals surface area contributed by atoms with Crippen molar-refractivity contribution < 1.29 is 9.53 Å². The molecule has 0 aromatic heterocycles. The van der Waals surface area contributed by atoms with Crippen LogP contribution in [0.25, 0.3) is 0 Å². The first kappa shape index (κ1) is 18.0. The highest BCUT2D eigenvalue weighted by Crippen LogP contribution is 2.28. The molecule has 2 rings (SSSR count). The average Bonchev–Trinajstić information content (AvgIpc) is 2.54. The molecule has 2 N–H and O–H groups in total. The van der Waals surface area contributed by atoms with Gasteiger partial charge in [-0.1, -0.05) is 39.8 Å². The summed E-state index contributed by atoms with van der Waals surface area (Å²) in [6.45, 7) is 10.8. The van der Waals surface area contributed by atoms with Crippen molar-refractivity contribution >= 4 is 11.6 Å². The average molecular weight is 318 g/mol. The van der Waals surface area contributed by atoms with Gasteiger partial charge in [-0.3, -0.25) is 4.79 Å². The summed E-state index contributed by atoms with van der Waals surface area (Å²) in [7, 11) is 0. The summed E-state index contributed by atoms with van der Waals surface area (Å²) in [5.74, 6) is 0.789. The Kier molecular flexibility index (Phi) is 6.60. The minimum Gasteiger partial charge on any atom is -0.368 e. The Morgan fingerprint density at radius 1 is 1.22 bits per heavy atom. The van der Waals surface area contributed by atoms with Gasteiger partial charge in [-0.2, -0.15) is 0 Å². The van der Waals surface area contributed by atoms with E-state index in [2.05, 4.69) is 50.5 Å². The molecule has 128 valence electrons. The van der Waals surface area contributed by atoms with E-state index in [4.69, 9.17) is 4.74 Å². The minimum atomic E-state index is -0.0669. The molecule has 1 aliphatic rings. The number of hydrogen-bond acceptors (Lipinski definition) is 3. The summed E-state index contributed by atoms with van der Waals surface area (Å²) in [5, 5.41) is 6.31. The van der Waals surface area contributed by atoms with E-state index >= 15 is 0 Å². The maximum absolute atomic E-state index is 12.2. The quantitative estimate of drug-likeness (QED) is 0.842. The van der Waals surface area contributed by atoms with Gasteiger partial charge in [-0.25, -0.2) is 0 Å². The third kappa shape index (κ3) is 5.33. The third-order valence-electron chi connectivity index (χ3n) is 4.37. The maximum atomic E-state index is 12.2. The number of benzene rings is 1. The Balaban J connectivity index is 1.96. The van der Waals surface area contributed by atoms with Crippen LogP contribution < -0.4 is 10.6 Å². The van der Waals surface area contributed by atoms with E-state index in [0.717, 1.165) is 31.6 Å². The van der Waals surface area contributed by atoms with Crippen molar-refractivity contribution in [1.82, 2.24) is 5.32 Å². The Morgan fingerprint density at radius 2 is 1.91 bits per heavy atom. The van der Waals surface area contributed by atoms with Gasteiger partial charge in [0, 0.05) is 5.69 Å². The molecule has 0 saturated carbocycles. The fourth-order valence-electron chi connectivity index (χ4n) is 2.87. The fourth-order valence-corrected chi connectivity index (χ4v) is 2.87. The van der Waals surface area contributed by atoms with E-state index in [-0.39, 0.29) is 18.6 Å². The Labute approximate surface area is 140 Å². The minimum absolute atomic E-state index is 0.0669. The molecule has 1 aliphatic heterocycles. The highest BCUT2D eigenvalue weighted by Gasteiger charge is 2.16. The second-order valence-corrected chi connectivity index (χ2v) is 6.96. The number of hydrogen-bond donors (Lipinski definition) is 2. The number of ether oxygens (including phenoxy) is 1. The van der Waals surface area contributed by atoms with Crippen LogP contribution in [-0.2, 0) is 9.53 Å². The van der Waals surface area contributed by atoms with Gasteiger partial charge < -0.3 is 15.4 Å². The first-order chi connectivity index (χ1) is 11.0. The molecular formula is C19H30N2O2. The van der Waals surface area contributed by atoms with Gasteiger partial charge in [-0.15, -0.1) is 0 Å². The van der Waals surface area contributed by atoms with E-state index in [1.54, 1.807) is 0 Å². The summed E-state index contributed by atoms with van der Waals surface area (Å²) >= 11 is 0. The van der Waals surface area contributed by atoms with Crippen molar-refractivity contribution in [3.63, 3.8) is 0 Å². The molecule has 1 fully saturated rings. The van der Waals surface area contributed by atoms with Gasteiger partial charge in [0.2, 0.25) is 5.91 Å². The van der Waals surface area contributed by atoms with E-state index in [1.165, 1.54) is 11.1 Å². The molecule has 4 nitrogen and oxygen atoms in total. The molecule has 0 bridgehead atoms. The molecule has 1 heterocycles. The van der Waals surface area contributed by atoms with Crippen LogP contribution in [0.3, 0.4) is 0 Å². The van der Waals surface area contributed by atoms with Crippen LogP contribution in [0.1, 0.15) is 63.5 Å². The molecule has 1 amide bonds. The van der Waals surface area contributed by atoms with Gasteiger partial charge in [0.15, 0.2) is 0 Å². The van der Waals surface area contributed by atoms with Gasteiger partial charge in [0.25, 0.3) is 0 Å². The van der Waals surface area contributed by atoms with E-state index in [1.807, 2.05) is 6.07 Å². The van der Waals surface area contributed by atoms with Gasteiger partial charge in [-0.05, 0) is 55.0 Å².